The number of aliphatic carboxylic acids is 1. The van der Waals surface area contributed by atoms with Gasteiger partial charge in [0.15, 0.2) is 0 Å². The number of nitrogens with two attached hydrogens (primary N) is 1. The third-order valence-corrected chi connectivity index (χ3v) is 9.48. The van der Waals surface area contributed by atoms with Crippen LogP contribution in [0.4, 0.5) is 4.79 Å². The molecule has 0 fully saturated rings. The highest BCUT2D eigenvalue weighted by Crippen LogP contribution is 2.20. The largest absolute Gasteiger partial charge is 0.481 e. The molecular formula is C44H54N8O9. The summed E-state index contributed by atoms with van der Waals surface area (Å²) < 4.78 is 5.45. The Bertz CT molecular complexity index is 2170. The van der Waals surface area contributed by atoms with Crippen LogP contribution in [0.5, 0.6) is 0 Å². The number of aromatic nitrogens is 2. The third-order valence-electron chi connectivity index (χ3n) is 9.48. The summed E-state index contributed by atoms with van der Waals surface area (Å²) in [5, 5.41) is 21.2. The second-order valence-electron chi connectivity index (χ2n) is 15.4. The smallest absolute Gasteiger partial charge is 0.408 e. The first-order valence-corrected chi connectivity index (χ1v) is 19.8. The maximum Gasteiger partial charge on any atom is 0.408 e. The zero-order valence-corrected chi connectivity index (χ0v) is 34.7. The number of unbranched alkanes of at least 4 members (excludes halogenated alkanes) is 1. The summed E-state index contributed by atoms with van der Waals surface area (Å²) in [6, 6.07) is 14.2. The number of para-hydroxylation sites is 1. The molecular weight excluding hydrogens is 785 g/mol. The lowest BCUT2D eigenvalue weighted by molar-refractivity contribution is -0.146. The molecule has 0 radical (unpaired) electrons. The first kappa shape index (κ1) is 46.6. The fourth-order valence-corrected chi connectivity index (χ4v) is 6.42. The minimum Gasteiger partial charge on any atom is -0.481 e. The minimum absolute atomic E-state index is 0.0110. The Kier molecular flexibility index (Phi) is 17.1. The standard InChI is InChI=1S/C44H54N8O9/c1-44(2,3)61-43(60)51-34(24-30-27-48-32-17-9-8-16-31(30)32)41(58)49-33(18-10-11-22-47-37(53)20-19-29-15-12-21-46-26-29)40(57)50-35(25-38(54)55)42(59)52(4)36(39(45)56)23-28-13-6-5-7-14-28/h5-9,12-17,19-21,26-27,33-36,48H,10-11,18,22-25H2,1-4H3,(H2,45,56)(H,47,53)(H,49,58)(H,50,57)(H,51,60)(H,54,55)/b20-19+/t33-,34?,35-,36-/m0/s1. The first-order chi connectivity index (χ1) is 29.0. The van der Waals surface area contributed by atoms with Crippen molar-refractivity contribution in [3.63, 3.8) is 0 Å². The number of hydrogen-bond acceptors (Lipinski definition) is 9. The quantitative estimate of drug-likeness (QED) is 0.0477. The summed E-state index contributed by atoms with van der Waals surface area (Å²) in [6.07, 6.45) is 6.80. The monoisotopic (exact) mass is 838 g/mol. The normalized spacial score (nSPS) is 13.3. The van der Waals surface area contributed by atoms with Crippen LogP contribution in [0.3, 0.4) is 0 Å². The molecule has 0 saturated carbocycles. The maximum atomic E-state index is 14.2. The van der Waals surface area contributed by atoms with Crippen LogP contribution in [0.2, 0.25) is 0 Å². The second-order valence-corrected chi connectivity index (χ2v) is 15.4. The number of hydrogen-bond donors (Lipinski definition) is 7. The lowest BCUT2D eigenvalue weighted by Crippen LogP contribution is -2.59. The molecule has 2 aromatic heterocycles. The SMILES string of the molecule is CN(C(=O)[C@H](CC(=O)O)NC(=O)[C@H](CCCCNC(=O)/C=C/c1cccnc1)NC(=O)C(Cc1c[nH]c2ccccc12)NC(=O)OC(C)(C)C)[C@@H](Cc1ccccc1)C(N)=O. The molecule has 17 nitrogen and oxygen atoms in total. The third kappa shape index (κ3) is 15.3. The van der Waals surface area contributed by atoms with Crippen LogP contribution < -0.4 is 27.0 Å². The molecule has 0 spiro atoms. The zero-order chi connectivity index (χ0) is 44.5. The van der Waals surface area contributed by atoms with Crippen LogP contribution in [-0.2, 0) is 46.3 Å². The summed E-state index contributed by atoms with van der Waals surface area (Å²) >= 11 is 0. The lowest BCUT2D eigenvalue weighted by Gasteiger charge is -2.30. The van der Waals surface area contributed by atoms with E-state index in [1.165, 1.54) is 13.1 Å². The van der Waals surface area contributed by atoms with Crippen molar-refractivity contribution in [1.29, 1.82) is 0 Å². The summed E-state index contributed by atoms with van der Waals surface area (Å²) in [5.74, 6) is -5.18. The summed E-state index contributed by atoms with van der Waals surface area (Å²) in [6.45, 7) is 5.21. The number of carboxylic acid groups (broad SMARTS) is 1. The highest BCUT2D eigenvalue weighted by atomic mass is 16.6. The second kappa shape index (κ2) is 22.4. The molecule has 324 valence electrons. The Hall–Kier alpha value is -7.04. The van der Waals surface area contributed by atoms with Gasteiger partial charge in [-0.15, -0.1) is 0 Å². The van der Waals surface area contributed by atoms with E-state index < -0.39 is 71.9 Å². The highest BCUT2D eigenvalue weighted by molar-refractivity contribution is 5.97. The molecule has 4 aromatic rings. The number of alkyl carbamates (subject to hydrolysis) is 1. The zero-order valence-electron chi connectivity index (χ0n) is 34.7. The molecule has 8 N–H and O–H groups in total. The summed E-state index contributed by atoms with van der Waals surface area (Å²) in [4.78, 5) is 100. The Balaban J connectivity index is 1.56. The van der Waals surface area contributed by atoms with E-state index in [2.05, 4.69) is 31.2 Å². The number of primary amides is 1. The topological polar surface area (TPSA) is 255 Å². The van der Waals surface area contributed by atoms with Crippen molar-refractivity contribution in [2.75, 3.05) is 13.6 Å². The van der Waals surface area contributed by atoms with Gasteiger partial charge in [-0.05, 0) is 74.9 Å². The number of nitrogens with one attached hydrogen (secondary N) is 5. The van der Waals surface area contributed by atoms with Crippen LogP contribution in [0, 0.1) is 0 Å². The molecule has 0 saturated heterocycles. The molecule has 0 aliphatic heterocycles. The average Bonchev–Trinajstić information content (AvgIpc) is 3.62. The van der Waals surface area contributed by atoms with Crippen molar-refractivity contribution in [3.8, 4) is 0 Å². The Labute approximate surface area is 353 Å². The molecule has 2 aromatic carbocycles. The number of carbonyl (C=O) groups is 7. The Morgan fingerprint density at radius 1 is 0.869 bits per heavy atom. The number of aromatic amines is 1. The van der Waals surface area contributed by atoms with Gasteiger partial charge in [0.25, 0.3) is 0 Å². The molecule has 0 aliphatic rings. The van der Waals surface area contributed by atoms with Gasteiger partial charge < -0.3 is 46.7 Å². The van der Waals surface area contributed by atoms with Gasteiger partial charge in [-0.1, -0.05) is 54.6 Å². The van der Waals surface area contributed by atoms with Gasteiger partial charge in [0.05, 0.1) is 6.42 Å². The van der Waals surface area contributed by atoms with E-state index in [-0.39, 0.29) is 38.1 Å². The summed E-state index contributed by atoms with van der Waals surface area (Å²) in [7, 11) is 1.29. The van der Waals surface area contributed by atoms with Crippen molar-refractivity contribution in [3.05, 3.63) is 108 Å². The number of rotatable bonds is 21. The van der Waals surface area contributed by atoms with E-state index in [0.29, 0.717) is 17.5 Å². The van der Waals surface area contributed by atoms with Gasteiger partial charge in [0.2, 0.25) is 29.5 Å². The number of carbonyl (C=O) groups excluding carboxylic acids is 6. The van der Waals surface area contributed by atoms with Crippen LogP contribution in [-0.4, -0.2) is 105 Å². The molecule has 2 heterocycles. The van der Waals surface area contributed by atoms with Crippen molar-refractivity contribution in [2.45, 2.75) is 89.1 Å². The molecule has 4 rings (SSSR count). The van der Waals surface area contributed by atoms with Gasteiger partial charge in [-0.3, -0.25) is 33.8 Å². The number of fused-ring (bicyclic) bond motifs is 1. The van der Waals surface area contributed by atoms with E-state index in [9.17, 15) is 38.7 Å². The number of ether oxygens (including phenoxy) is 1. The fraction of sp³-hybridized carbons (Fsp3) is 0.364. The van der Waals surface area contributed by atoms with Crippen LogP contribution in [0.25, 0.3) is 17.0 Å². The Morgan fingerprint density at radius 3 is 2.23 bits per heavy atom. The number of nitrogens with zero attached hydrogens (tertiary/aromatic N) is 2. The van der Waals surface area contributed by atoms with Crippen molar-refractivity contribution >= 4 is 58.6 Å². The van der Waals surface area contributed by atoms with Crippen LogP contribution in [0.15, 0.2) is 91.4 Å². The van der Waals surface area contributed by atoms with Gasteiger partial charge in [-0.2, -0.15) is 0 Å². The van der Waals surface area contributed by atoms with Crippen molar-refractivity contribution < 1.29 is 43.4 Å². The van der Waals surface area contributed by atoms with Crippen molar-refractivity contribution in [2.24, 2.45) is 5.73 Å². The number of carboxylic acids is 1. The number of likely N-dealkylation sites (N-methyl/N-ethyl adjacent to an activating group) is 1. The van der Waals surface area contributed by atoms with Gasteiger partial charge in [0.1, 0.15) is 29.8 Å². The van der Waals surface area contributed by atoms with Crippen LogP contribution >= 0.6 is 0 Å². The molecule has 4 atom stereocenters. The predicted octanol–water partition coefficient (Wildman–Crippen LogP) is 3.00. The minimum atomic E-state index is -1.67. The van der Waals surface area contributed by atoms with E-state index in [1.807, 2.05) is 24.3 Å². The predicted molar refractivity (Wildman–Crippen MR) is 227 cm³/mol. The first-order valence-electron chi connectivity index (χ1n) is 19.8. The van der Waals surface area contributed by atoms with Crippen LogP contribution in [0.1, 0.15) is 63.1 Å². The number of H-pyrrole nitrogens is 1. The van der Waals surface area contributed by atoms with E-state index in [1.54, 1.807) is 87.9 Å². The van der Waals surface area contributed by atoms with Gasteiger partial charge >= 0.3 is 12.1 Å². The highest BCUT2D eigenvalue weighted by Gasteiger charge is 2.35. The van der Waals surface area contributed by atoms with Crippen molar-refractivity contribution in [1.82, 2.24) is 36.1 Å². The van der Waals surface area contributed by atoms with Gasteiger partial charge in [0, 0.05) is 62.0 Å². The Morgan fingerprint density at radius 2 is 1.56 bits per heavy atom. The number of pyridine rings is 1. The molecule has 1 unspecified atom stereocenters. The van der Waals surface area contributed by atoms with E-state index in [4.69, 9.17) is 10.5 Å². The van der Waals surface area contributed by atoms with E-state index in [0.717, 1.165) is 21.4 Å². The molecule has 0 bridgehead atoms. The average molecular weight is 839 g/mol. The fourth-order valence-electron chi connectivity index (χ4n) is 6.42. The van der Waals surface area contributed by atoms with Gasteiger partial charge in [-0.25, -0.2) is 4.79 Å². The van der Waals surface area contributed by atoms with E-state index >= 15 is 0 Å². The lowest BCUT2D eigenvalue weighted by atomic mass is 10.0. The molecule has 61 heavy (non-hydrogen) atoms. The number of amides is 6. The molecule has 0 aliphatic carbocycles. The molecule has 6 amide bonds. The maximum absolute atomic E-state index is 14.2. The number of benzene rings is 2. The molecule has 17 heteroatoms. The summed E-state index contributed by atoms with van der Waals surface area (Å²) in [5.41, 5.74) is 7.71.